The van der Waals surface area contributed by atoms with Crippen molar-refractivity contribution in [2.24, 2.45) is 0 Å². The predicted octanol–water partition coefficient (Wildman–Crippen LogP) is 2.06. The van der Waals surface area contributed by atoms with Crippen molar-refractivity contribution >= 4 is 6.08 Å². The normalized spacial score (nSPS) is 12.9. The van der Waals surface area contributed by atoms with E-state index in [1.807, 2.05) is 43.6 Å². The SMILES string of the molecule is CN1C=Cc2ccccc2O1.N. The van der Waals surface area contributed by atoms with Crippen LogP contribution in [0, 0.1) is 0 Å². The molecule has 0 bridgehead atoms. The fourth-order valence-corrected chi connectivity index (χ4v) is 1.07. The van der Waals surface area contributed by atoms with Crippen LogP contribution in [-0.4, -0.2) is 12.1 Å². The van der Waals surface area contributed by atoms with Crippen LogP contribution >= 0.6 is 0 Å². The van der Waals surface area contributed by atoms with Gasteiger partial charge in [-0.1, -0.05) is 18.2 Å². The van der Waals surface area contributed by atoms with Crippen molar-refractivity contribution in [2.75, 3.05) is 7.05 Å². The van der Waals surface area contributed by atoms with Gasteiger partial charge in [0.1, 0.15) is 0 Å². The number of rotatable bonds is 0. The Morgan fingerprint density at radius 3 is 2.83 bits per heavy atom. The molecule has 0 saturated heterocycles. The van der Waals surface area contributed by atoms with Crippen molar-refractivity contribution in [1.82, 2.24) is 11.2 Å². The van der Waals surface area contributed by atoms with E-state index in [-0.39, 0.29) is 6.15 Å². The largest absolute Gasteiger partial charge is 0.380 e. The number of nitrogens with zero attached hydrogens (tertiary/aromatic N) is 1. The van der Waals surface area contributed by atoms with Crippen molar-refractivity contribution in [2.45, 2.75) is 0 Å². The van der Waals surface area contributed by atoms with Crippen LogP contribution in [-0.2, 0) is 0 Å². The molecule has 0 unspecified atom stereocenters. The highest BCUT2D eigenvalue weighted by atomic mass is 16.7. The number of para-hydroxylation sites is 1. The molecule has 1 aromatic rings. The first-order valence-electron chi connectivity index (χ1n) is 3.54. The zero-order valence-electron chi connectivity index (χ0n) is 7.03. The highest BCUT2D eigenvalue weighted by Crippen LogP contribution is 2.23. The van der Waals surface area contributed by atoms with E-state index in [4.69, 9.17) is 4.84 Å². The summed E-state index contributed by atoms with van der Waals surface area (Å²) in [6.07, 6.45) is 3.92. The summed E-state index contributed by atoms with van der Waals surface area (Å²) >= 11 is 0. The summed E-state index contributed by atoms with van der Waals surface area (Å²) in [6, 6.07) is 7.94. The van der Waals surface area contributed by atoms with Crippen LogP contribution in [0.2, 0.25) is 0 Å². The summed E-state index contributed by atoms with van der Waals surface area (Å²) in [6.45, 7) is 0. The monoisotopic (exact) mass is 164 g/mol. The molecule has 1 aliphatic rings. The lowest BCUT2D eigenvalue weighted by atomic mass is 10.2. The smallest absolute Gasteiger partial charge is 0.162 e. The molecule has 0 saturated carbocycles. The standard InChI is InChI=1S/C9H9NO.H3N/c1-10-7-6-8-4-2-3-5-9(8)11-10;/h2-7H,1H3;1H3. The van der Waals surface area contributed by atoms with Crippen molar-refractivity contribution in [3.8, 4) is 5.75 Å². The Hall–Kier alpha value is -1.48. The maximum absolute atomic E-state index is 5.38. The predicted molar refractivity (Wildman–Crippen MR) is 48.9 cm³/mol. The second kappa shape index (κ2) is 3.28. The van der Waals surface area contributed by atoms with Crippen LogP contribution in [0.5, 0.6) is 5.75 Å². The Bertz CT molecular complexity index is 296. The van der Waals surface area contributed by atoms with Gasteiger partial charge in [-0.3, -0.25) is 0 Å². The van der Waals surface area contributed by atoms with Crippen molar-refractivity contribution < 1.29 is 4.84 Å². The minimum atomic E-state index is 0. The van der Waals surface area contributed by atoms with Crippen LogP contribution in [0.25, 0.3) is 6.08 Å². The van der Waals surface area contributed by atoms with Gasteiger partial charge in [-0.25, -0.2) is 5.06 Å². The summed E-state index contributed by atoms with van der Waals surface area (Å²) < 4.78 is 0. The lowest BCUT2D eigenvalue weighted by Crippen LogP contribution is -2.18. The zero-order chi connectivity index (χ0) is 7.68. The second-order valence-corrected chi connectivity index (χ2v) is 2.49. The van der Waals surface area contributed by atoms with Crippen LogP contribution < -0.4 is 11.0 Å². The van der Waals surface area contributed by atoms with Gasteiger partial charge >= 0.3 is 0 Å². The average Bonchev–Trinajstić information content (AvgIpc) is 2.04. The van der Waals surface area contributed by atoms with Gasteiger partial charge in [-0.05, 0) is 12.1 Å². The Labute approximate surface area is 71.8 Å². The van der Waals surface area contributed by atoms with E-state index >= 15 is 0 Å². The lowest BCUT2D eigenvalue weighted by molar-refractivity contribution is 0.0188. The third kappa shape index (κ3) is 1.40. The molecular weight excluding hydrogens is 152 g/mol. The topological polar surface area (TPSA) is 47.5 Å². The van der Waals surface area contributed by atoms with E-state index in [0.717, 1.165) is 11.3 Å². The van der Waals surface area contributed by atoms with Gasteiger partial charge in [0.25, 0.3) is 0 Å². The van der Waals surface area contributed by atoms with E-state index < -0.39 is 0 Å². The molecule has 0 amide bonds. The number of hydrogen-bond donors (Lipinski definition) is 1. The number of hydrogen-bond acceptors (Lipinski definition) is 3. The Balaban J connectivity index is 0.000000720. The van der Waals surface area contributed by atoms with E-state index in [1.165, 1.54) is 0 Å². The van der Waals surface area contributed by atoms with Crippen molar-refractivity contribution in [3.05, 3.63) is 36.0 Å². The summed E-state index contributed by atoms with van der Waals surface area (Å²) in [7, 11) is 1.87. The highest BCUT2D eigenvalue weighted by molar-refractivity contribution is 5.58. The maximum atomic E-state index is 5.38. The summed E-state index contributed by atoms with van der Waals surface area (Å²) in [5.74, 6) is 0.914. The average molecular weight is 164 g/mol. The van der Waals surface area contributed by atoms with Crippen molar-refractivity contribution in [3.63, 3.8) is 0 Å². The minimum absolute atomic E-state index is 0. The van der Waals surface area contributed by atoms with Crippen LogP contribution in [0.4, 0.5) is 0 Å². The van der Waals surface area contributed by atoms with E-state index in [1.54, 1.807) is 5.06 Å². The summed E-state index contributed by atoms with van der Waals surface area (Å²) in [5, 5.41) is 1.68. The summed E-state index contributed by atoms with van der Waals surface area (Å²) in [4.78, 5) is 5.38. The molecule has 3 nitrogen and oxygen atoms in total. The van der Waals surface area contributed by atoms with Gasteiger partial charge in [0.15, 0.2) is 5.75 Å². The molecule has 0 fully saturated rings. The van der Waals surface area contributed by atoms with E-state index in [0.29, 0.717) is 0 Å². The van der Waals surface area contributed by atoms with Gasteiger partial charge in [0.05, 0.1) is 0 Å². The molecule has 0 aromatic heterocycles. The van der Waals surface area contributed by atoms with Crippen LogP contribution in [0.1, 0.15) is 5.56 Å². The first-order chi connectivity index (χ1) is 5.36. The first kappa shape index (κ1) is 8.62. The Morgan fingerprint density at radius 1 is 1.25 bits per heavy atom. The highest BCUT2D eigenvalue weighted by Gasteiger charge is 2.05. The number of hydroxylamine groups is 2. The lowest BCUT2D eigenvalue weighted by Gasteiger charge is -2.20. The quantitative estimate of drug-likeness (QED) is 0.638. The van der Waals surface area contributed by atoms with Gasteiger partial charge in [-0.15, -0.1) is 0 Å². The summed E-state index contributed by atoms with van der Waals surface area (Å²) in [5.41, 5.74) is 1.13. The van der Waals surface area contributed by atoms with Crippen molar-refractivity contribution in [1.29, 1.82) is 0 Å². The first-order valence-corrected chi connectivity index (χ1v) is 3.54. The van der Waals surface area contributed by atoms with Gasteiger partial charge in [-0.2, -0.15) is 0 Å². The maximum Gasteiger partial charge on any atom is 0.162 e. The third-order valence-electron chi connectivity index (χ3n) is 1.63. The van der Waals surface area contributed by atoms with E-state index in [2.05, 4.69) is 0 Å². The van der Waals surface area contributed by atoms with Gasteiger partial charge in [0, 0.05) is 18.8 Å². The molecule has 0 radical (unpaired) electrons. The fraction of sp³-hybridized carbons (Fsp3) is 0.111. The molecule has 12 heavy (non-hydrogen) atoms. The molecule has 1 aliphatic heterocycles. The number of fused-ring (bicyclic) bond motifs is 1. The molecule has 1 aromatic carbocycles. The zero-order valence-corrected chi connectivity index (χ0v) is 7.03. The molecule has 3 N–H and O–H groups in total. The minimum Gasteiger partial charge on any atom is -0.380 e. The molecule has 2 rings (SSSR count). The molecule has 64 valence electrons. The molecule has 0 atom stereocenters. The molecule has 0 aliphatic carbocycles. The third-order valence-corrected chi connectivity index (χ3v) is 1.63. The van der Waals surface area contributed by atoms with Crippen LogP contribution in [0.3, 0.4) is 0 Å². The Morgan fingerprint density at radius 2 is 2.00 bits per heavy atom. The fourth-order valence-electron chi connectivity index (χ4n) is 1.07. The second-order valence-electron chi connectivity index (χ2n) is 2.49. The van der Waals surface area contributed by atoms with E-state index in [9.17, 15) is 0 Å². The van der Waals surface area contributed by atoms with Gasteiger partial charge < -0.3 is 11.0 Å². The molecular formula is C9H12N2O. The van der Waals surface area contributed by atoms with Gasteiger partial charge in [0.2, 0.25) is 0 Å². The molecule has 3 heteroatoms. The molecule has 1 heterocycles. The number of benzene rings is 1. The van der Waals surface area contributed by atoms with Crippen LogP contribution in [0.15, 0.2) is 30.5 Å². The molecule has 0 spiro atoms. The Kier molecular flexibility index (Phi) is 2.35.